The number of hydrogen-bond donors (Lipinski definition) is 1. The second kappa shape index (κ2) is 13.7. The standard InChI is InChI=1S/C35H54N2O2S2/c1-24(2)7-6-8-25(3)30-11-12-31-29-10-9-26-23-27(13-17-34(26,4)32(29)14-18-35(30,31)5)39-33(38)37-21-22-40-41-28-15-19-36-20-16-28/h9,15-16,19-20,24-25,27,29-32H,6-8,10-14,17-18,21-23H2,1-5H3,(H,37,38)/t25-,27?,29+,30-,31?,32?,34+,35-/m1/s1. The molecule has 0 aliphatic heterocycles. The molecule has 6 heteroatoms. The Kier molecular flexibility index (Phi) is 10.4. The summed E-state index contributed by atoms with van der Waals surface area (Å²) in [6, 6.07) is 4.01. The summed E-state index contributed by atoms with van der Waals surface area (Å²) in [7, 11) is 3.46. The molecule has 0 radical (unpaired) electrons. The van der Waals surface area contributed by atoms with E-state index in [0.717, 1.165) is 60.5 Å². The van der Waals surface area contributed by atoms with E-state index in [2.05, 4.69) is 51.0 Å². The molecular formula is C35H54N2O2S2. The molecule has 3 unspecified atom stereocenters. The highest BCUT2D eigenvalue weighted by Crippen LogP contribution is 2.67. The first-order chi connectivity index (χ1) is 19.7. The van der Waals surface area contributed by atoms with Crippen LogP contribution >= 0.6 is 21.6 Å². The zero-order valence-corrected chi connectivity index (χ0v) is 27.8. The Morgan fingerprint density at radius 1 is 1.07 bits per heavy atom. The molecule has 8 atom stereocenters. The third-order valence-electron chi connectivity index (χ3n) is 11.8. The number of ether oxygens (including phenoxy) is 1. The van der Waals surface area contributed by atoms with Gasteiger partial charge in [-0.25, -0.2) is 4.79 Å². The van der Waals surface area contributed by atoms with Crippen LogP contribution in [0.3, 0.4) is 0 Å². The molecule has 0 bridgehead atoms. The maximum atomic E-state index is 12.6. The van der Waals surface area contributed by atoms with Gasteiger partial charge in [0, 0.05) is 36.0 Å². The van der Waals surface area contributed by atoms with Gasteiger partial charge in [0.2, 0.25) is 0 Å². The molecule has 0 aromatic carbocycles. The van der Waals surface area contributed by atoms with Crippen molar-refractivity contribution in [3.05, 3.63) is 36.2 Å². The molecule has 1 aromatic heterocycles. The van der Waals surface area contributed by atoms with Crippen LogP contribution in [0.15, 0.2) is 41.1 Å². The van der Waals surface area contributed by atoms with Gasteiger partial charge in [0.25, 0.3) is 0 Å². The Labute approximate surface area is 257 Å². The van der Waals surface area contributed by atoms with Gasteiger partial charge in [0.15, 0.2) is 0 Å². The highest BCUT2D eigenvalue weighted by molar-refractivity contribution is 8.76. The molecule has 5 rings (SSSR count). The summed E-state index contributed by atoms with van der Waals surface area (Å²) in [6.45, 7) is 13.2. The van der Waals surface area contributed by atoms with Crippen molar-refractivity contribution in [3.63, 3.8) is 0 Å². The van der Waals surface area contributed by atoms with E-state index >= 15 is 0 Å². The third kappa shape index (κ3) is 7.00. The van der Waals surface area contributed by atoms with Gasteiger partial charge >= 0.3 is 6.09 Å². The Bertz CT molecular complexity index is 1050. The SMILES string of the molecule is CC(C)CCC[C@@H](C)[C@H]1CCC2[C@@H]3CC=C4CC(OC(=O)NCCSSc5ccncc5)CC[C@]4(C)C3CC[C@@]21C. The summed E-state index contributed by atoms with van der Waals surface area (Å²) in [6.07, 6.45) is 20.2. The molecule has 0 saturated heterocycles. The molecule has 1 aromatic rings. The van der Waals surface area contributed by atoms with E-state index in [9.17, 15) is 4.79 Å². The molecule has 0 spiro atoms. The fraction of sp³-hybridized carbons (Fsp3) is 0.771. The average Bonchev–Trinajstić information content (AvgIpc) is 3.31. The molecule has 1 amide bonds. The number of fused-ring (bicyclic) bond motifs is 5. The van der Waals surface area contributed by atoms with Gasteiger partial charge in [0.05, 0.1) is 0 Å². The van der Waals surface area contributed by atoms with Crippen molar-refractivity contribution in [2.75, 3.05) is 12.3 Å². The minimum absolute atomic E-state index is 0.0149. The Hall–Kier alpha value is -1.14. The van der Waals surface area contributed by atoms with Crippen LogP contribution in [0.2, 0.25) is 0 Å². The topological polar surface area (TPSA) is 51.2 Å². The summed E-state index contributed by atoms with van der Waals surface area (Å²) < 4.78 is 5.94. The molecule has 3 saturated carbocycles. The summed E-state index contributed by atoms with van der Waals surface area (Å²) in [4.78, 5) is 17.8. The summed E-state index contributed by atoms with van der Waals surface area (Å²) in [5, 5.41) is 2.98. The minimum Gasteiger partial charge on any atom is -0.446 e. The number of nitrogens with one attached hydrogen (secondary N) is 1. The highest BCUT2D eigenvalue weighted by atomic mass is 33.1. The lowest BCUT2D eigenvalue weighted by molar-refractivity contribution is -0.0581. The van der Waals surface area contributed by atoms with Crippen LogP contribution in [-0.2, 0) is 4.74 Å². The van der Waals surface area contributed by atoms with E-state index in [1.807, 2.05) is 24.5 Å². The van der Waals surface area contributed by atoms with Crippen LogP contribution in [-0.4, -0.2) is 29.5 Å². The molecule has 3 fully saturated rings. The Morgan fingerprint density at radius 2 is 1.88 bits per heavy atom. The number of carbonyl (C=O) groups excluding carboxylic acids is 1. The largest absolute Gasteiger partial charge is 0.446 e. The number of rotatable bonds is 11. The van der Waals surface area contributed by atoms with Crippen molar-refractivity contribution < 1.29 is 9.53 Å². The lowest BCUT2D eigenvalue weighted by Crippen LogP contribution is -2.51. The van der Waals surface area contributed by atoms with E-state index in [1.54, 1.807) is 27.2 Å². The van der Waals surface area contributed by atoms with Crippen molar-refractivity contribution in [1.82, 2.24) is 10.3 Å². The predicted molar refractivity (Wildman–Crippen MR) is 174 cm³/mol. The number of carbonyl (C=O) groups is 1. The van der Waals surface area contributed by atoms with Crippen LogP contribution in [0.1, 0.15) is 105 Å². The lowest BCUT2D eigenvalue weighted by Gasteiger charge is -2.58. The lowest BCUT2D eigenvalue weighted by atomic mass is 9.47. The quantitative estimate of drug-likeness (QED) is 0.156. The summed E-state index contributed by atoms with van der Waals surface area (Å²) in [5.41, 5.74) is 2.42. The minimum atomic E-state index is -0.254. The normalized spacial score (nSPS) is 35.2. The monoisotopic (exact) mass is 598 g/mol. The summed E-state index contributed by atoms with van der Waals surface area (Å²) >= 11 is 0. The first-order valence-electron chi connectivity index (χ1n) is 16.5. The van der Waals surface area contributed by atoms with Crippen molar-refractivity contribution in [2.24, 2.45) is 46.3 Å². The van der Waals surface area contributed by atoms with Gasteiger partial charge in [-0.15, -0.1) is 0 Å². The second-order valence-corrected chi connectivity index (χ2v) is 17.1. The van der Waals surface area contributed by atoms with E-state index in [-0.39, 0.29) is 12.2 Å². The molecule has 228 valence electrons. The zero-order chi connectivity index (χ0) is 29.0. The van der Waals surface area contributed by atoms with Gasteiger partial charge in [0.1, 0.15) is 6.10 Å². The van der Waals surface area contributed by atoms with E-state index in [4.69, 9.17) is 4.74 Å². The second-order valence-electron chi connectivity index (χ2n) is 14.6. The fourth-order valence-electron chi connectivity index (χ4n) is 9.64. The van der Waals surface area contributed by atoms with Crippen LogP contribution < -0.4 is 5.32 Å². The number of aromatic nitrogens is 1. The van der Waals surface area contributed by atoms with Gasteiger partial charge < -0.3 is 10.1 Å². The van der Waals surface area contributed by atoms with E-state index in [0.29, 0.717) is 17.4 Å². The molecule has 4 aliphatic carbocycles. The first-order valence-corrected chi connectivity index (χ1v) is 18.9. The molecule has 1 heterocycles. The van der Waals surface area contributed by atoms with Crippen LogP contribution in [0.25, 0.3) is 0 Å². The van der Waals surface area contributed by atoms with Crippen molar-refractivity contribution in [1.29, 1.82) is 0 Å². The van der Waals surface area contributed by atoms with Crippen molar-refractivity contribution in [2.45, 2.75) is 116 Å². The van der Waals surface area contributed by atoms with Gasteiger partial charge in [-0.1, -0.05) is 87.1 Å². The predicted octanol–water partition coefficient (Wildman–Crippen LogP) is 9.96. The number of alkyl carbamates (subject to hydrolysis) is 1. The molecule has 4 aliphatic rings. The number of nitrogens with zero attached hydrogens (tertiary/aromatic N) is 1. The van der Waals surface area contributed by atoms with Gasteiger partial charge in [-0.05, 0) is 103 Å². The van der Waals surface area contributed by atoms with Crippen LogP contribution in [0, 0.1) is 46.3 Å². The van der Waals surface area contributed by atoms with E-state index < -0.39 is 0 Å². The maximum Gasteiger partial charge on any atom is 0.407 e. The van der Waals surface area contributed by atoms with Gasteiger partial charge in [-0.3, -0.25) is 4.98 Å². The van der Waals surface area contributed by atoms with Gasteiger partial charge in [-0.2, -0.15) is 0 Å². The van der Waals surface area contributed by atoms with Crippen LogP contribution in [0.4, 0.5) is 4.79 Å². The summed E-state index contributed by atoms with van der Waals surface area (Å²) in [5.74, 6) is 5.99. The van der Waals surface area contributed by atoms with Crippen molar-refractivity contribution >= 4 is 27.7 Å². The molecular weight excluding hydrogens is 545 g/mol. The fourth-order valence-corrected chi connectivity index (χ4v) is 11.5. The number of hydrogen-bond acceptors (Lipinski definition) is 5. The number of pyridine rings is 1. The smallest absolute Gasteiger partial charge is 0.407 e. The first kappa shape index (κ1) is 31.3. The number of allylic oxidation sites excluding steroid dienone is 1. The number of amides is 1. The molecule has 41 heavy (non-hydrogen) atoms. The van der Waals surface area contributed by atoms with E-state index in [1.165, 1.54) is 56.3 Å². The average molecular weight is 599 g/mol. The Morgan fingerprint density at radius 3 is 2.66 bits per heavy atom. The Balaban J connectivity index is 1.11. The maximum absolute atomic E-state index is 12.6. The molecule has 4 nitrogen and oxygen atoms in total. The molecule has 1 N–H and O–H groups in total. The third-order valence-corrected chi connectivity index (χ3v) is 14.2. The highest BCUT2D eigenvalue weighted by Gasteiger charge is 2.59. The van der Waals surface area contributed by atoms with Crippen LogP contribution in [0.5, 0.6) is 0 Å². The zero-order valence-electron chi connectivity index (χ0n) is 26.2. The van der Waals surface area contributed by atoms with Crippen molar-refractivity contribution in [3.8, 4) is 0 Å².